The van der Waals surface area contributed by atoms with Crippen LogP contribution in [0.15, 0.2) is 22.7 Å². The first-order valence-corrected chi connectivity index (χ1v) is 6.90. The fourth-order valence-corrected chi connectivity index (χ4v) is 3.02. The van der Waals surface area contributed by atoms with Crippen LogP contribution in [-0.4, -0.2) is 23.9 Å². The van der Waals surface area contributed by atoms with Crippen molar-refractivity contribution in [3.05, 3.63) is 33.3 Å². The molecule has 17 heavy (non-hydrogen) atoms. The predicted molar refractivity (Wildman–Crippen MR) is 73.4 cm³/mol. The Labute approximate surface area is 115 Å². The van der Waals surface area contributed by atoms with Crippen LogP contribution in [0, 0.1) is 11.8 Å². The second-order valence-corrected chi connectivity index (χ2v) is 6.17. The lowest BCUT2D eigenvalue weighted by Crippen LogP contribution is -2.28. The number of nitrogens with zero attached hydrogens (tertiary/aromatic N) is 1. The highest BCUT2D eigenvalue weighted by atomic mass is 79.9. The molecule has 1 fully saturated rings. The molecule has 1 aromatic carbocycles. The van der Waals surface area contributed by atoms with E-state index in [0.29, 0.717) is 22.4 Å². The van der Waals surface area contributed by atoms with Gasteiger partial charge in [-0.2, -0.15) is 0 Å². The first kappa shape index (κ1) is 12.9. The quantitative estimate of drug-likeness (QED) is 0.771. The average molecular weight is 317 g/mol. The molecule has 0 saturated carbocycles. The zero-order chi connectivity index (χ0) is 12.6. The number of hydrogen-bond acceptors (Lipinski definition) is 1. The molecule has 92 valence electrons. The van der Waals surface area contributed by atoms with E-state index in [2.05, 4.69) is 29.8 Å². The van der Waals surface area contributed by atoms with E-state index in [1.807, 2.05) is 11.0 Å². The van der Waals surface area contributed by atoms with Crippen LogP contribution in [0.1, 0.15) is 24.2 Å². The Balaban J connectivity index is 2.20. The van der Waals surface area contributed by atoms with E-state index in [0.717, 1.165) is 17.6 Å². The fourth-order valence-electron chi connectivity index (χ4n) is 2.16. The highest BCUT2D eigenvalue weighted by molar-refractivity contribution is 9.10. The minimum Gasteiger partial charge on any atom is -0.338 e. The second-order valence-electron chi connectivity index (χ2n) is 4.82. The molecule has 0 radical (unpaired) electrons. The topological polar surface area (TPSA) is 20.3 Å². The molecule has 1 aliphatic heterocycles. The summed E-state index contributed by atoms with van der Waals surface area (Å²) in [7, 11) is 0. The predicted octanol–water partition coefficient (Wildman–Crippen LogP) is 3.83. The lowest BCUT2D eigenvalue weighted by atomic mass is 10.0. The van der Waals surface area contributed by atoms with Gasteiger partial charge in [0.1, 0.15) is 0 Å². The first-order chi connectivity index (χ1) is 7.97. The lowest BCUT2D eigenvalue weighted by molar-refractivity contribution is 0.0785. The van der Waals surface area contributed by atoms with Crippen LogP contribution >= 0.6 is 27.5 Å². The van der Waals surface area contributed by atoms with Crippen molar-refractivity contribution < 1.29 is 4.79 Å². The Bertz CT molecular complexity index is 419. The summed E-state index contributed by atoms with van der Waals surface area (Å²) < 4.78 is 0.841. The van der Waals surface area contributed by atoms with Crippen LogP contribution in [0.5, 0.6) is 0 Å². The Morgan fingerprint density at radius 2 is 1.88 bits per heavy atom. The third-order valence-corrected chi connectivity index (χ3v) is 4.06. The highest BCUT2D eigenvalue weighted by Crippen LogP contribution is 2.26. The Kier molecular flexibility index (Phi) is 3.79. The number of carbonyl (C=O) groups is 1. The number of hydrogen-bond donors (Lipinski definition) is 0. The molecule has 1 amide bonds. The van der Waals surface area contributed by atoms with Crippen LogP contribution in [0.2, 0.25) is 5.02 Å². The minimum absolute atomic E-state index is 0.0735. The van der Waals surface area contributed by atoms with Gasteiger partial charge in [-0.05, 0) is 30.0 Å². The van der Waals surface area contributed by atoms with Crippen LogP contribution in [0.3, 0.4) is 0 Å². The number of amides is 1. The van der Waals surface area contributed by atoms with Gasteiger partial charge >= 0.3 is 0 Å². The molecule has 0 aliphatic carbocycles. The van der Waals surface area contributed by atoms with Gasteiger partial charge in [0.2, 0.25) is 0 Å². The van der Waals surface area contributed by atoms with Crippen molar-refractivity contribution in [3.63, 3.8) is 0 Å². The second kappa shape index (κ2) is 4.99. The molecule has 2 nitrogen and oxygen atoms in total. The zero-order valence-corrected chi connectivity index (χ0v) is 12.3. The van der Waals surface area contributed by atoms with E-state index >= 15 is 0 Å². The molecule has 4 heteroatoms. The normalized spacial score (nSPS) is 24.1. The molecule has 0 spiro atoms. The number of rotatable bonds is 1. The first-order valence-electron chi connectivity index (χ1n) is 5.72. The number of benzene rings is 1. The monoisotopic (exact) mass is 315 g/mol. The Morgan fingerprint density at radius 1 is 1.29 bits per heavy atom. The standard InChI is InChI=1S/C13H15BrClNO/c1-8-6-16(7-9(8)2)13(17)10-3-11(14)5-12(15)4-10/h3-5,8-9H,6-7H2,1-2H3. The molecule has 1 aromatic rings. The van der Waals surface area contributed by atoms with Crippen LogP contribution in [0.4, 0.5) is 0 Å². The van der Waals surface area contributed by atoms with Crippen LogP contribution < -0.4 is 0 Å². The third-order valence-electron chi connectivity index (χ3n) is 3.38. The van der Waals surface area contributed by atoms with Gasteiger partial charge in [0, 0.05) is 28.1 Å². The van der Waals surface area contributed by atoms with E-state index in [-0.39, 0.29) is 5.91 Å². The summed E-state index contributed by atoms with van der Waals surface area (Å²) in [6.45, 7) is 6.05. The van der Waals surface area contributed by atoms with Crippen molar-refractivity contribution in [2.75, 3.05) is 13.1 Å². The minimum atomic E-state index is 0.0735. The van der Waals surface area contributed by atoms with Gasteiger partial charge in [0.15, 0.2) is 0 Å². The summed E-state index contributed by atoms with van der Waals surface area (Å²) >= 11 is 9.32. The Hall–Kier alpha value is -0.540. The molecule has 0 aromatic heterocycles. The van der Waals surface area contributed by atoms with Crippen molar-refractivity contribution in [2.24, 2.45) is 11.8 Å². The van der Waals surface area contributed by atoms with Gasteiger partial charge in [-0.25, -0.2) is 0 Å². The SMILES string of the molecule is CC1CN(C(=O)c2cc(Cl)cc(Br)c2)CC1C. The van der Waals surface area contributed by atoms with Crippen molar-refractivity contribution >= 4 is 33.4 Å². The number of likely N-dealkylation sites (tertiary alicyclic amines) is 1. The van der Waals surface area contributed by atoms with Gasteiger partial charge in [0.05, 0.1) is 0 Å². The van der Waals surface area contributed by atoms with Crippen LogP contribution in [-0.2, 0) is 0 Å². The average Bonchev–Trinajstić information content (AvgIpc) is 2.57. The maximum Gasteiger partial charge on any atom is 0.253 e. The van der Waals surface area contributed by atoms with Gasteiger partial charge in [0.25, 0.3) is 5.91 Å². The largest absolute Gasteiger partial charge is 0.338 e. The molecule has 1 heterocycles. The van der Waals surface area contributed by atoms with Crippen molar-refractivity contribution in [1.29, 1.82) is 0 Å². The molecule has 0 bridgehead atoms. The summed E-state index contributed by atoms with van der Waals surface area (Å²) in [5.41, 5.74) is 0.658. The summed E-state index contributed by atoms with van der Waals surface area (Å²) in [5, 5.41) is 0.586. The smallest absolute Gasteiger partial charge is 0.253 e. The molecule has 2 atom stereocenters. The summed E-state index contributed by atoms with van der Waals surface area (Å²) in [5.74, 6) is 1.22. The van der Waals surface area contributed by atoms with Gasteiger partial charge in [-0.1, -0.05) is 41.4 Å². The maximum atomic E-state index is 12.3. The van der Waals surface area contributed by atoms with E-state index in [4.69, 9.17) is 11.6 Å². The summed E-state index contributed by atoms with van der Waals surface area (Å²) in [6, 6.07) is 5.33. The molecule has 1 saturated heterocycles. The summed E-state index contributed by atoms with van der Waals surface area (Å²) in [6.07, 6.45) is 0. The highest BCUT2D eigenvalue weighted by Gasteiger charge is 2.29. The van der Waals surface area contributed by atoms with Crippen LogP contribution in [0.25, 0.3) is 0 Å². The van der Waals surface area contributed by atoms with Gasteiger partial charge in [-0.15, -0.1) is 0 Å². The third kappa shape index (κ3) is 2.83. The molecular weight excluding hydrogens is 302 g/mol. The molecule has 2 unspecified atom stereocenters. The van der Waals surface area contributed by atoms with E-state index < -0.39 is 0 Å². The van der Waals surface area contributed by atoms with Crippen molar-refractivity contribution in [2.45, 2.75) is 13.8 Å². The fraction of sp³-hybridized carbons (Fsp3) is 0.462. The number of halogens is 2. The van der Waals surface area contributed by atoms with Crippen molar-refractivity contribution in [1.82, 2.24) is 4.90 Å². The Morgan fingerprint density at radius 3 is 2.41 bits per heavy atom. The molecular formula is C13H15BrClNO. The lowest BCUT2D eigenvalue weighted by Gasteiger charge is -2.16. The van der Waals surface area contributed by atoms with Gasteiger partial charge in [-0.3, -0.25) is 4.79 Å². The zero-order valence-electron chi connectivity index (χ0n) is 9.91. The van der Waals surface area contributed by atoms with Crippen molar-refractivity contribution in [3.8, 4) is 0 Å². The maximum absolute atomic E-state index is 12.3. The van der Waals surface area contributed by atoms with E-state index in [1.165, 1.54) is 0 Å². The number of carbonyl (C=O) groups excluding carboxylic acids is 1. The van der Waals surface area contributed by atoms with E-state index in [9.17, 15) is 4.79 Å². The van der Waals surface area contributed by atoms with E-state index in [1.54, 1.807) is 12.1 Å². The molecule has 0 N–H and O–H groups in total. The van der Waals surface area contributed by atoms with Gasteiger partial charge < -0.3 is 4.90 Å². The molecule has 2 rings (SSSR count). The molecule has 1 aliphatic rings. The summed E-state index contributed by atoms with van der Waals surface area (Å²) in [4.78, 5) is 14.2.